The first kappa shape index (κ1) is 12.1. The van der Waals surface area contributed by atoms with E-state index in [0.717, 1.165) is 16.7 Å². The lowest BCUT2D eigenvalue weighted by molar-refractivity contribution is -0.121. The highest BCUT2D eigenvalue weighted by atomic mass is 35.5. The lowest BCUT2D eigenvalue weighted by Crippen LogP contribution is -2.22. The van der Waals surface area contributed by atoms with Crippen LogP contribution in [0.2, 0.25) is 5.02 Å². The second kappa shape index (κ2) is 4.50. The van der Waals surface area contributed by atoms with Crippen molar-refractivity contribution >= 4 is 40.6 Å². The highest BCUT2D eigenvalue weighted by Gasteiger charge is 2.32. The molecule has 0 spiro atoms. The molecular weight excluding hydrogens is 265 g/mol. The highest BCUT2D eigenvalue weighted by molar-refractivity contribution is 8.18. The Morgan fingerprint density at radius 3 is 2.65 bits per heavy atom. The molecule has 88 valence electrons. The molecular formula is C11H7ClFNO2S. The fourth-order valence-electron chi connectivity index (χ4n) is 1.33. The van der Waals surface area contributed by atoms with Gasteiger partial charge in [0.1, 0.15) is 5.82 Å². The molecule has 0 N–H and O–H groups in total. The van der Waals surface area contributed by atoms with Crippen LogP contribution < -0.4 is 0 Å². The number of carbonyl (C=O) groups excluding carboxylic acids is 2. The summed E-state index contributed by atoms with van der Waals surface area (Å²) in [6.07, 6.45) is 1.30. The summed E-state index contributed by atoms with van der Waals surface area (Å²) in [6, 6.07) is 4.24. The van der Waals surface area contributed by atoms with Crippen molar-refractivity contribution in [3.63, 3.8) is 0 Å². The molecule has 1 heterocycles. The van der Waals surface area contributed by atoms with Gasteiger partial charge in [0.05, 0.1) is 9.93 Å². The minimum Gasteiger partial charge on any atom is -0.272 e. The van der Waals surface area contributed by atoms with Gasteiger partial charge in [0, 0.05) is 12.6 Å². The summed E-state index contributed by atoms with van der Waals surface area (Å²) in [6.45, 7) is 0. The van der Waals surface area contributed by atoms with Crippen LogP contribution in [0.25, 0.3) is 6.08 Å². The number of amides is 2. The van der Waals surface area contributed by atoms with Crippen LogP contribution >= 0.6 is 23.4 Å². The van der Waals surface area contributed by atoms with Gasteiger partial charge in [-0.2, -0.15) is 0 Å². The van der Waals surface area contributed by atoms with E-state index in [1.165, 1.54) is 31.3 Å². The predicted molar refractivity (Wildman–Crippen MR) is 65.1 cm³/mol. The van der Waals surface area contributed by atoms with E-state index in [4.69, 9.17) is 11.6 Å². The van der Waals surface area contributed by atoms with E-state index < -0.39 is 11.7 Å². The van der Waals surface area contributed by atoms with Crippen molar-refractivity contribution in [2.24, 2.45) is 0 Å². The van der Waals surface area contributed by atoms with E-state index >= 15 is 0 Å². The quantitative estimate of drug-likeness (QED) is 0.737. The van der Waals surface area contributed by atoms with Crippen LogP contribution in [0.3, 0.4) is 0 Å². The Kier molecular flexibility index (Phi) is 3.22. The summed E-state index contributed by atoms with van der Waals surface area (Å²) < 4.78 is 13.5. The summed E-state index contributed by atoms with van der Waals surface area (Å²) in [5.41, 5.74) is 0.119. The number of carbonyl (C=O) groups is 2. The fraction of sp³-hybridized carbons (Fsp3) is 0.0909. The smallest absolute Gasteiger partial charge is 0.272 e. The minimum absolute atomic E-state index is 0.119. The van der Waals surface area contributed by atoms with Crippen molar-refractivity contribution in [1.29, 1.82) is 0 Å². The average molecular weight is 272 g/mol. The normalized spacial score (nSPS) is 18.3. The van der Waals surface area contributed by atoms with Crippen LogP contribution in [0, 0.1) is 5.82 Å². The third-order valence-electron chi connectivity index (χ3n) is 2.26. The lowest BCUT2D eigenvalue weighted by atomic mass is 10.2. The van der Waals surface area contributed by atoms with Crippen molar-refractivity contribution < 1.29 is 14.0 Å². The van der Waals surface area contributed by atoms with Gasteiger partial charge in [0.15, 0.2) is 0 Å². The van der Waals surface area contributed by atoms with E-state index in [9.17, 15) is 14.0 Å². The molecule has 2 amide bonds. The number of benzene rings is 1. The Balaban J connectivity index is 2.44. The van der Waals surface area contributed by atoms with Gasteiger partial charge >= 0.3 is 0 Å². The van der Waals surface area contributed by atoms with Gasteiger partial charge in [-0.1, -0.05) is 17.7 Å². The molecule has 1 aromatic rings. The monoisotopic (exact) mass is 271 g/mol. The maximum atomic E-state index is 13.5. The number of hydrogen-bond donors (Lipinski definition) is 0. The Bertz CT molecular complexity index is 524. The molecule has 0 saturated carbocycles. The molecule has 1 aliphatic rings. The second-order valence-corrected chi connectivity index (χ2v) is 4.78. The first-order chi connectivity index (χ1) is 8.00. The summed E-state index contributed by atoms with van der Waals surface area (Å²) in [4.78, 5) is 24.0. The van der Waals surface area contributed by atoms with Crippen LogP contribution in [0.1, 0.15) is 5.56 Å². The minimum atomic E-state index is -0.527. The molecule has 0 unspecified atom stereocenters. The molecule has 1 aromatic carbocycles. The maximum absolute atomic E-state index is 13.5. The van der Waals surface area contributed by atoms with Gasteiger partial charge in [-0.15, -0.1) is 0 Å². The second-order valence-electron chi connectivity index (χ2n) is 3.38. The van der Waals surface area contributed by atoms with Crippen molar-refractivity contribution in [3.05, 3.63) is 39.5 Å². The molecule has 1 fully saturated rings. The summed E-state index contributed by atoms with van der Waals surface area (Å²) in [5.74, 6) is -0.972. The van der Waals surface area contributed by atoms with Crippen molar-refractivity contribution in [1.82, 2.24) is 4.90 Å². The van der Waals surface area contributed by atoms with Gasteiger partial charge in [-0.05, 0) is 30.0 Å². The largest absolute Gasteiger partial charge is 0.293 e. The zero-order valence-corrected chi connectivity index (χ0v) is 10.3. The molecule has 6 heteroatoms. The third-order valence-corrected chi connectivity index (χ3v) is 3.55. The highest BCUT2D eigenvalue weighted by Crippen LogP contribution is 2.33. The number of imide groups is 1. The van der Waals surface area contributed by atoms with E-state index in [1.54, 1.807) is 0 Å². The predicted octanol–water partition coefficient (Wildman–Crippen LogP) is 3.15. The average Bonchev–Trinajstić information content (AvgIpc) is 2.52. The molecule has 1 saturated heterocycles. The van der Waals surface area contributed by atoms with Gasteiger partial charge in [0.2, 0.25) is 0 Å². The summed E-state index contributed by atoms with van der Waals surface area (Å²) >= 11 is 6.59. The molecule has 2 rings (SSSR count). The Morgan fingerprint density at radius 1 is 1.41 bits per heavy atom. The van der Waals surface area contributed by atoms with Crippen molar-refractivity contribution in [3.8, 4) is 0 Å². The number of hydrogen-bond acceptors (Lipinski definition) is 3. The van der Waals surface area contributed by atoms with E-state index in [-0.39, 0.29) is 20.7 Å². The molecule has 0 radical (unpaired) electrons. The van der Waals surface area contributed by atoms with Gasteiger partial charge in [0.25, 0.3) is 11.1 Å². The first-order valence-electron chi connectivity index (χ1n) is 4.66. The van der Waals surface area contributed by atoms with Crippen LogP contribution in [-0.4, -0.2) is 23.1 Å². The number of likely N-dealkylation sites (N-methyl/N-ethyl adjacent to an activating group) is 1. The number of halogens is 2. The molecule has 0 aromatic heterocycles. The molecule has 1 aliphatic heterocycles. The van der Waals surface area contributed by atoms with E-state index in [0.29, 0.717) is 0 Å². The summed E-state index contributed by atoms with van der Waals surface area (Å²) in [5, 5.41) is -0.179. The van der Waals surface area contributed by atoms with Crippen LogP contribution in [0.5, 0.6) is 0 Å². The van der Waals surface area contributed by atoms with Gasteiger partial charge in [-0.3, -0.25) is 14.5 Å². The number of rotatable bonds is 1. The molecule has 17 heavy (non-hydrogen) atoms. The fourth-order valence-corrected chi connectivity index (χ4v) is 2.35. The number of nitrogens with zero attached hydrogens (tertiary/aromatic N) is 1. The first-order valence-corrected chi connectivity index (χ1v) is 5.85. The Morgan fingerprint density at radius 2 is 2.12 bits per heavy atom. The lowest BCUT2D eigenvalue weighted by Gasteiger charge is -2.02. The number of thioether (sulfide) groups is 1. The summed E-state index contributed by atoms with van der Waals surface area (Å²) in [7, 11) is 1.38. The molecule has 0 aliphatic carbocycles. The topological polar surface area (TPSA) is 37.4 Å². The van der Waals surface area contributed by atoms with Gasteiger partial charge in [-0.25, -0.2) is 4.39 Å². The molecule has 3 nitrogen and oxygen atoms in total. The third kappa shape index (κ3) is 2.21. The van der Waals surface area contributed by atoms with Crippen LogP contribution in [0.4, 0.5) is 9.18 Å². The van der Waals surface area contributed by atoms with Crippen molar-refractivity contribution in [2.75, 3.05) is 7.05 Å². The van der Waals surface area contributed by atoms with Gasteiger partial charge < -0.3 is 0 Å². The van der Waals surface area contributed by atoms with Crippen LogP contribution in [-0.2, 0) is 4.79 Å². The zero-order chi connectivity index (χ0) is 12.6. The SMILES string of the molecule is CN1C(=O)S/C(=C\c2c(F)cccc2Cl)C1=O. The molecule has 0 bridgehead atoms. The van der Waals surface area contributed by atoms with E-state index in [1.807, 2.05) is 0 Å². The zero-order valence-electron chi connectivity index (χ0n) is 8.74. The van der Waals surface area contributed by atoms with E-state index in [2.05, 4.69) is 0 Å². The Hall–Kier alpha value is -1.33. The maximum Gasteiger partial charge on any atom is 0.293 e. The van der Waals surface area contributed by atoms with Crippen LogP contribution in [0.15, 0.2) is 23.1 Å². The standard InChI is InChI=1S/C11H7ClFNO2S/c1-14-10(15)9(17-11(14)16)5-6-7(12)3-2-4-8(6)13/h2-5H,1H3/b9-5-. The Labute approximate surface area is 106 Å². The molecule has 0 atom stereocenters. The van der Waals surface area contributed by atoms with Crippen molar-refractivity contribution in [2.45, 2.75) is 0 Å².